The summed E-state index contributed by atoms with van der Waals surface area (Å²) in [6, 6.07) is 3.42. The molecule has 0 bridgehead atoms. The van der Waals surface area contributed by atoms with E-state index in [1.54, 1.807) is 4.90 Å². The lowest BCUT2D eigenvalue weighted by Crippen LogP contribution is -2.67. The van der Waals surface area contributed by atoms with Crippen molar-refractivity contribution in [1.82, 2.24) is 15.5 Å². The first kappa shape index (κ1) is 15.2. The number of cyclic esters (lactones) is 1. The maximum Gasteiger partial charge on any atom is 0.336 e. The second kappa shape index (κ2) is 5.62. The number of thiophene rings is 1. The van der Waals surface area contributed by atoms with E-state index in [9.17, 15) is 14.4 Å². The van der Waals surface area contributed by atoms with Gasteiger partial charge < -0.3 is 15.0 Å². The van der Waals surface area contributed by atoms with Gasteiger partial charge in [0.15, 0.2) is 0 Å². The second-order valence-corrected chi connectivity index (χ2v) is 7.04. The Balaban J connectivity index is 1.83. The lowest BCUT2D eigenvalue weighted by molar-refractivity contribution is -0.136. The van der Waals surface area contributed by atoms with E-state index in [1.165, 1.54) is 11.3 Å². The van der Waals surface area contributed by atoms with Gasteiger partial charge in [-0.05, 0) is 17.9 Å². The zero-order valence-electron chi connectivity index (χ0n) is 13.1. The van der Waals surface area contributed by atoms with Gasteiger partial charge in [-0.1, -0.05) is 13.0 Å². The van der Waals surface area contributed by atoms with Gasteiger partial charge in [0.1, 0.15) is 12.8 Å². The number of hydrogen-bond acceptors (Lipinski definition) is 6. The zero-order chi connectivity index (χ0) is 16.8. The molecule has 24 heavy (non-hydrogen) atoms. The highest BCUT2D eigenvalue weighted by atomic mass is 32.1. The number of imide groups is 1. The Morgan fingerprint density at radius 1 is 1.38 bits per heavy atom. The molecular formula is C16H17N3O4S. The van der Waals surface area contributed by atoms with Crippen molar-refractivity contribution in [2.24, 2.45) is 5.92 Å². The number of rotatable bonds is 3. The van der Waals surface area contributed by atoms with Crippen molar-refractivity contribution < 1.29 is 19.1 Å². The predicted molar refractivity (Wildman–Crippen MR) is 86.0 cm³/mol. The molecule has 1 fully saturated rings. The van der Waals surface area contributed by atoms with Crippen molar-refractivity contribution in [2.75, 3.05) is 13.2 Å². The van der Waals surface area contributed by atoms with Crippen LogP contribution in [-0.2, 0) is 14.3 Å². The predicted octanol–water partition coefficient (Wildman–Crippen LogP) is 1.15. The molecule has 1 aromatic heterocycles. The number of urea groups is 1. The topological polar surface area (TPSA) is 87.7 Å². The minimum Gasteiger partial charge on any atom is -0.456 e. The molecule has 3 unspecified atom stereocenters. The first-order valence-electron chi connectivity index (χ1n) is 7.93. The van der Waals surface area contributed by atoms with Gasteiger partial charge in [-0.25, -0.2) is 9.59 Å². The first-order chi connectivity index (χ1) is 11.6. The molecule has 3 aliphatic rings. The normalized spacial score (nSPS) is 29.0. The van der Waals surface area contributed by atoms with Crippen molar-refractivity contribution in [3.05, 3.63) is 33.7 Å². The molecule has 0 spiro atoms. The second-order valence-electron chi connectivity index (χ2n) is 6.06. The Hall–Kier alpha value is -2.35. The van der Waals surface area contributed by atoms with Crippen molar-refractivity contribution in [2.45, 2.75) is 25.4 Å². The van der Waals surface area contributed by atoms with Gasteiger partial charge in [0.05, 0.1) is 17.2 Å². The third kappa shape index (κ3) is 2.13. The van der Waals surface area contributed by atoms with Gasteiger partial charge in [0.25, 0.3) is 0 Å². The van der Waals surface area contributed by atoms with E-state index in [2.05, 4.69) is 10.6 Å². The molecule has 3 amide bonds. The average molecular weight is 347 g/mol. The van der Waals surface area contributed by atoms with Crippen LogP contribution in [0.3, 0.4) is 0 Å². The van der Waals surface area contributed by atoms with Crippen molar-refractivity contribution >= 4 is 29.2 Å². The Morgan fingerprint density at radius 3 is 2.92 bits per heavy atom. The first-order valence-corrected chi connectivity index (χ1v) is 8.81. The Kier molecular flexibility index (Phi) is 3.56. The number of carbonyl (C=O) groups excluding carboxylic acids is 3. The number of carbonyl (C=O) groups is 3. The van der Waals surface area contributed by atoms with E-state index >= 15 is 0 Å². The average Bonchev–Trinajstić information content (AvgIpc) is 3.20. The molecule has 8 heteroatoms. The summed E-state index contributed by atoms with van der Waals surface area (Å²) in [5.74, 6) is -1.69. The minimum atomic E-state index is -0.558. The molecule has 0 radical (unpaired) electrons. The largest absolute Gasteiger partial charge is 0.456 e. The van der Waals surface area contributed by atoms with E-state index < -0.39 is 24.0 Å². The van der Waals surface area contributed by atoms with Crippen LogP contribution < -0.4 is 10.6 Å². The van der Waals surface area contributed by atoms with Gasteiger partial charge in [-0.15, -0.1) is 11.3 Å². The van der Waals surface area contributed by atoms with Crippen molar-refractivity contribution in [1.29, 1.82) is 0 Å². The van der Waals surface area contributed by atoms with Crippen LogP contribution in [0.5, 0.6) is 0 Å². The van der Waals surface area contributed by atoms with Crippen LogP contribution in [0.15, 0.2) is 28.8 Å². The zero-order valence-corrected chi connectivity index (χ0v) is 13.9. The monoisotopic (exact) mass is 347 g/mol. The quantitative estimate of drug-likeness (QED) is 0.801. The Morgan fingerprint density at radius 2 is 2.21 bits per heavy atom. The third-order valence-electron chi connectivity index (χ3n) is 4.67. The van der Waals surface area contributed by atoms with E-state index in [1.807, 2.05) is 24.4 Å². The molecule has 1 aromatic rings. The number of esters is 1. The highest BCUT2D eigenvalue weighted by Crippen LogP contribution is 2.45. The number of ether oxygens (including phenoxy) is 1. The van der Waals surface area contributed by atoms with Crippen LogP contribution in [0.25, 0.3) is 0 Å². The fourth-order valence-electron chi connectivity index (χ4n) is 3.70. The summed E-state index contributed by atoms with van der Waals surface area (Å²) in [4.78, 5) is 39.7. The summed E-state index contributed by atoms with van der Waals surface area (Å²) in [6.07, 6.45) is 0.309. The van der Waals surface area contributed by atoms with Crippen LogP contribution in [-0.4, -0.2) is 42.1 Å². The summed E-state index contributed by atoms with van der Waals surface area (Å²) in [5.41, 5.74) is 1.20. The lowest BCUT2D eigenvalue weighted by atomic mass is 9.77. The van der Waals surface area contributed by atoms with E-state index in [0.29, 0.717) is 17.8 Å². The van der Waals surface area contributed by atoms with Crippen LogP contribution in [0, 0.1) is 5.92 Å². The summed E-state index contributed by atoms with van der Waals surface area (Å²) < 4.78 is 5.19. The molecule has 0 aliphatic carbocycles. The molecular weight excluding hydrogens is 330 g/mol. The molecule has 3 atom stereocenters. The number of fused-ring (bicyclic) bond motifs is 1. The smallest absolute Gasteiger partial charge is 0.336 e. The van der Waals surface area contributed by atoms with Gasteiger partial charge in [-0.3, -0.25) is 10.1 Å². The number of nitrogens with one attached hydrogen (secondary N) is 2. The Bertz CT molecular complexity index is 743. The molecule has 4 rings (SSSR count). The third-order valence-corrected chi connectivity index (χ3v) is 5.62. The molecule has 126 valence electrons. The SMILES string of the molecule is CCCN1C(=O)NC(=O)C2C(c3cccs3)C3=C(COC3=O)NC21. The number of amides is 3. The molecule has 4 heterocycles. The highest BCUT2D eigenvalue weighted by molar-refractivity contribution is 7.10. The van der Waals surface area contributed by atoms with Crippen molar-refractivity contribution in [3.8, 4) is 0 Å². The van der Waals surface area contributed by atoms with E-state index in [-0.39, 0.29) is 18.5 Å². The van der Waals surface area contributed by atoms with Gasteiger partial charge >= 0.3 is 12.0 Å². The summed E-state index contributed by atoms with van der Waals surface area (Å²) in [7, 11) is 0. The van der Waals surface area contributed by atoms with Crippen LogP contribution in [0.1, 0.15) is 24.1 Å². The fourth-order valence-corrected chi connectivity index (χ4v) is 4.59. The minimum absolute atomic E-state index is 0.162. The standard InChI is InChI=1S/C16H17N3O4S/c1-2-5-19-13-12(14(20)18-16(19)22)11(9-4-3-6-24-9)10-8(17-13)7-23-15(10)21/h3-4,6,11-13,17H,2,5,7H2,1H3,(H,18,20,22). The summed E-state index contributed by atoms with van der Waals surface area (Å²) >= 11 is 1.50. The van der Waals surface area contributed by atoms with Gasteiger partial charge in [0, 0.05) is 17.3 Å². The number of hydrogen-bond donors (Lipinski definition) is 2. The van der Waals surface area contributed by atoms with E-state index in [4.69, 9.17) is 4.74 Å². The lowest BCUT2D eigenvalue weighted by Gasteiger charge is -2.46. The maximum absolute atomic E-state index is 12.6. The fraction of sp³-hybridized carbons (Fsp3) is 0.438. The summed E-state index contributed by atoms with van der Waals surface area (Å²) in [5, 5.41) is 7.58. The van der Waals surface area contributed by atoms with Crippen LogP contribution in [0.2, 0.25) is 0 Å². The summed E-state index contributed by atoms with van der Waals surface area (Å²) in [6.45, 7) is 2.67. The molecule has 0 saturated carbocycles. The highest BCUT2D eigenvalue weighted by Gasteiger charge is 2.53. The molecule has 3 aliphatic heterocycles. The molecule has 2 N–H and O–H groups in total. The van der Waals surface area contributed by atoms with Crippen LogP contribution in [0.4, 0.5) is 4.79 Å². The molecule has 1 saturated heterocycles. The van der Waals surface area contributed by atoms with Gasteiger partial charge in [0.2, 0.25) is 5.91 Å². The maximum atomic E-state index is 12.6. The Labute approximate surface area is 142 Å². The number of nitrogens with zero attached hydrogens (tertiary/aromatic N) is 1. The molecule has 0 aromatic carbocycles. The van der Waals surface area contributed by atoms with Crippen LogP contribution >= 0.6 is 11.3 Å². The van der Waals surface area contributed by atoms with Gasteiger partial charge in [-0.2, -0.15) is 0 Å². The van der Waals surface area contributed by atoms with Crippen molar-refractivity contribution in [3.63, 3.8) is 0 Å². The molecule has 7 nitrogen and oxygen atoms in total. The van der Waals surface area contributed by atoms with E-state index in [0.717, 1.165) is 11.3 Å².